The zero-order valence-corrected chi connectivity index (χ0v) is 13.7. The van der Waals surface area contributed by atoms with Gasteiger partial charge >= 0.3 is 12.1 Å². The maximum atomic E-state index is 11.6. The van der Waals surface area contributed by atoms with Crippen molar-refractivity contribution in [1.29, 1.82) is 0 Å². The van der Waals surface area contributed by atoms with Gasteiger partial charge < -0.3 is 24.5 Å². The highest BCUT2D eigenvalue weighted by molar-refractivity contribution is 5.87. The zero-order valence-electron chi connectivity index (χ0n) is 13.7. The second kappa shape index (κ2) is 7.84. The van der Waals surface area contributed by atoms with E-state index in [0.29, 0.717) is 18.7 Å². The number of nitrogens with one attached hydrogen (secondary N) is 2. The van der Waals surface area contributed by atoms with Crippen LogP contribution in [-0.2, 0) is 16.0 Å². The molecule has 22 heavy (non-hydrogen) atoms. The standard InChI is InChI=1S/C15H24N2O5/c1-10(17-14(19)22-15(2,3)4)8-16-9-11-6-7-21-12(11)13(18)20-5/h6-7,10,16H,8-9H2,1-5H3,(H,17,19). The number of carbonyl (C=O) groups is 2. The molecule has 0 spiro atoms. The van der Waals surface area contributed by atoms with E-state index < -0.39 is 17.7 Å². The summed E-state index contributed by atoms with van der Waals surface area (Å²) in [7, 11) is 1.30. The van der Waals surface area contributed by atoms with E-state index in [-0.39, 0.29) is 11.8 Å². The van der Waals surface area contributed by atoms with Crippen LogP contribution in [-0.4, -0.2) is 37.4 Å². The summed E-state index contributed by atoms with van der Waals surface area (Å²) in [5.41, 5.74) is 0.181. The van der Waals surface area contributed by atoms with Gasteiger partial charge in [-0.1, -0.05) is 0 Å². The van der Waals surface area contributed by atoms with E-state index in [1.807, 2.05) is 27.7 Å². The number of carbonyl (C=O) groups excluding carboxylic acids is 2. The lowest BCUT2D eigenvalue weighted by atomic mass is 10.2. The Balaban J connectivity index is 2.37. The van der Waals surface area contributed by atoms with Gasteiger partial charge in [-0.2, -0.15) is 0 Å². The monoisotopic (exact) mass is 312 g/mol. The fourth-order valence-corrected chi connectivity index (χ4v) is 1.73. The number of esters is 1. The molecule has 1 unspecified atom stereocenters. The van der Waals surface area contributed by atoms with Gasteiger partial charge in [0.1, 0.15) is 5.60 Å². The summed E-state index contributed by atoms with van der Waals surface area (Å²) >= 11 is 0. The predicted molar refractivity (Wildman–Crippen MR) is 80.6 cm³/mol. The Kier molecular flexibility index (Phi) is 6.42. The lowest BCUT2D eigenvalue weighted by molar-refractivity contribution is 0.0507. The van der Waals surface area contributed by atoms with Crippen molar-refractivity contribution in [3.8, 4) is 0 Å². The molecule has 0 saturated carbocycles. The number of hydrogen-bond acceptors (Lipinski definition) is 6. The first-order valence-corrected chi connectivity index (χ1v) is 7.08. The highest BCUT2D eigenvalue weighted by Crippen LogP contribution is 2.11. The van der Waals surface area contributed by atoms with Gasteiger partial charge in [0, 0.05) is 24.7 Å². The van der Waals surface area contributed by atoms with Gasteiger partial charge in [0.2, 0.25) is 5.76 Å². The van der Waals surface area contributed by atoms with E-state index in [1.165, 1.54) is 13.4 Å². The second-order valence-corrected chi connectivity index (χ2v) is 5.94. The van der Waals surface area contributed by atoms with Crippen LogP contribution in [0.2, 0.25) is 0 Å². The first kappa shape index (κ1) is 18.0. The number of methoxy groups -OCH3 is 1. The molecule has 0 aliphatic rings. The third-order valence-corrected chi connectivity index (χ3v) is 2.65. The minimum absolute atomic E-state index is 0.122. The summed E-state index contributed by atoms with van der Waals surface area (Å²) in [6.45, 7) is 8.23. The third-order valence-electron chi connectivity index (χ3n) is 2.65. The van der Waals surface area contributed by atoms with Crippen LogP contribution in [0.3, 0.4) is 0 Å². The van der Waals surface area contributed by atoms with Crippen LogP contribution < -0.4 is 10.6 Å². The molecule has 1 atom stereocenters. The fourth-order valence-electron chi connectivity index (χ4n) is 1.73. The van der Waals surface area contributed by atoms with Crippen molar-refractivity contribution in [3.63, 3.8) is 0 Å². The van der Waals surface area contributed by atoms with Crippen LogP contribution >= 0.6 is 0 Å². The number of hydrogen-bond donors (Lipinski definition) is 2. The lowest BCUT2D eigenvalue weighted by Crippen LogP contribution is -2.42. The Bertz CT molecular complexity index is 504. The minimum atomic E-state index is -0.524. The van der Waals surface area contributed by atoms with Gasteiger partial charge in [-0.25, -0.2) is 9.59 Å². The molecule has 0 aromatic carbocycles. The third kappa shape index (κ3) is 6.17. The number of furan rings is 1. The molecule has 0 aliphatic carbocycles. The molecule has 1 rings (SSSR count). The van der Waals surface area contributed by atoms with Crippen molar-refractivity contribution >= 4 is 12.1 Å². The molecule has 1 heterocycles. The molecular weight excluding hydrogens is 288 g/mol. The van der Waals surface area contributed by atoms with Crippen molar-refractivity contribution < 1.29 is 23.5 Å². The van der Waals surface area contributed by atoms with E-state index >= 15 is 0 Å². The second-order valence-electron chi connectivity index (χ2n) is 5.94. The first-order chi connectivity index (χ1) is 10.2. The Labute approximate surface area is 130 Å². The van der Waals surface area contributed by atoms with E-state index in [9.17, 15) is 9.59 Å². The Morgan fingerprint density at radius 1 is 1.36 bits per heavy atom. The van der Waals surface area contributed by atoms with Crippen molar-refractivity contribution in [3.05, 3.63) is 23.7 Å². The number of rotatable bonds is 6. The molecule has 1 aromatic rings. The molecule has 7 heteroatoms. The minimum Gasteiger partial charge on any atom is -0.463 e. The molecule has 0 bridgehead atoms. The van der Waals surface area contributed by atoms with Crippen molar-refractivity contribution in [2.75, 3.05) is 13.7 Å². The molecule has 1 aromatic heterocycles. The Morgan fingerprint density at radius 2 is 2.05 bits per heavy atom. The maximum Gasteiger partial charge on any atom is 0.407 e. The van der Waals surface area contributed by atoms with Crippen LogP contribution in [0, 0.1) is 0 Å². The molecule has 0 radical (unpaired) electrons. The van der Waals surface area contributed by atoms with Gasteiger partial charge in [0.25, 0.3) is 0 Å². The van der Waals surface area contributed by atoms with Crippen LogP contribution in [0.25, 0.3) is 0 Å². The number of alkyl carbamates (subject to hydrolysis) is 1. The summed E-state index contributed by atoms with van der Waals surface area (Å²) in [5, 5.41) is 5.86. The highest BCUT2D eigenvalue weighted by atomic mass is 16.6. The summed E-state index contributed by atoms with van der Waals surface area (Å²) in [6.07, 6.45) is 0.978. The van der Waals surface area contributed by atoms with Crippen LogP contribution in [0.5, 0.6) is 0 Å². The highest BCUT2D eigenvalue weighted by Gasteiger charge is 2.18. The SMILES string of the molecule is COC(=O)c1occc1CNCC(C)NC(=O)OC(C)(C)C. The first-order valence-electron chi connectivity index (χ1n) is 7.08. The van der Waals surface area contributed by atoms with E-state index in [1.54, 1.807) is 6.07 Å². The predicted octanol–water partition coefficient (Wildman–Crippen LogP) is 2.07. The normalized spacial score (nSPS) is 12.6. The van der Waals surface area contributed by atoms with Crippen LogP contribution in [0.1, 0.15) is 43.8 Å². The quantitative estimate of drug-likeness (QED) is 0.782. The van der Waals surface area contributed by atoms with Crippen LogP contribution in [0.4, 0.5) is 4.79 Å². The molecule has 0 fully saturated rings. The number of amides is 1. The summed E-state index contributed by atoms with van der Waals surface area (Å²) in [5.74, 6) is -0.329. The van der Waals surface area contributed by atoms with Crippen molar-refractivity contribution in [2.45, 2.75) is 45.9 Å². The summed E-state index contributed by atoms with van der Waals surface area (Å²) < 4.78 is 14.9. The summed E-state index contributed by atoms with van der Waals surface area (Å²) in [4.78, 5) is 23.1. The molecule has 1 amide bonds. The zero-order chi connectivity index (χ0) is 16.8. The van der Waals surface area contributed by atoms with Crippen molar-refractivity contribution in [1.82, 2.24) is 10.6 Å². The maximum absolute atomic E-state index is 11.6. The van der Waals surface area contributed by atoms with E-state index in [0.717, 1.165) is 0 Å². The molecule has 0 saturated heterocycles. The average Bonchev–Trinajstić information content (AvgIpc) is 2.83. The topological polar surface area (TPSA) is 89.8 Å². The molecule has 2 N–H and O–H groups in total. The van der Waals surface area contributed by atoms with Gasteiger partial charge in [-0.15, -0.1) is 0 Å². The smallest absolute Gasteiger partial charge is 0.407 e. The lowest BCUT2D eigenvalue weighted by Gasteiger charge is -2.22. The van der Waals surface area contributed by atoms with Crippen molar-refractivity contribution in [2.24, 2.45) is 0 Å². The van der Waals surface area contributed by atoms with Gasteiger partial charge in [-0.3, -0.25) is 0 Å². The average molecular weight is 312 g/mol. The van der Waals surface area contributed by atoms with E-state index in [2.05, 4.69) is 15.4 Å². The Hall–Kier alpha value is -2.02. The molecule has 0 aliphatic heterocycles. The van der Waals surface area contributed by atoms with Gasteiger partial charge in [-0.05, 0) is 33.8 Å². The van der Waals surface area contributed by atoms with E-state index in [4.69, 9.17) is 9.15 Å². The summed E-state index contributed by atoms with van der Waals surface area (Å²) in [6, 6.07) is 1.58. The molecule has 7 nitrogen and oxygen atoms in total. The Morgan fingerprint density at radius 3 is 2.64 bits per heavy atom. The largest absolute Gasteiger partial charge is 0.463 e. The van der Waals surface area contributed by atoms with Gasteiger partial charge in [0.15, 0.2) is 0 Å². The molecule has 124 valence electrons. The van der Waals surface area contributed by atoms with Crippen LogP contribution in [0.15, 0.2) is 16.7 Å². The number of ether oxygens (including phenoxy) is 2. The fraction of sp³-hybridized carbons (Fsp3) is 0.600. The van der Waals surface area contributed by atoms with Gasteiger partial charge in [0.05, 0.1) is 13.4 Å². The molecular formula is C15H24N2O5.